The topological polar surface area (TPSA) is 73.3 Å². The van der Waals surface area contributed by atoms with E-state index < -0.39 is 6.10 Å². The van der Waals surface area contributed by atoms with Crippen LogP contribution in [0.1, 0.15) is 23.4 Å². The molecule has 0 spiro atoms. The van der Waals surface area contributed by atoms with Crippen LogP contribution >= 0.6 is 0 Å². The molecule has 0 saturated heterocycles. The number of para-hydroxylation sites is 2. The largest absolute Gasteiger partial charge is 0.480 e. The number of aryl methyl sites for hydroxylation is 3. The number of aromatic nitrogens is 2. The smallest absolute Gasteiger partial charge is 0.322 e. The molecule has 1 unspecified atom stereocenters. The Balaban J connectivity index is 1.48. The van der Waals surface area contributed by atoms with Crippen molar-refractivity contribution in [1.82, 2.24) is 9.97 Å². The maximum Gasteiger partial charge on any atom is 0.322 e. The van der Waals surface area contributed by atoms with Crippen LogP contribution in [0.5, 0.6) is 17.5 Å². The summed E-state index contributed by atoms with van der Waals surface area (Å²) in [6.45, 7) is 3.64. The van der Waals surface area contributed by atoms with Gasteiger partial charge in [0.2, 0.25) is 0 Å². The summed E-state index contributed by atoms with van der Waals surface area (Å²) in [5, 5.41) is 2.93. The minimum absolute atomic E-state index is 0.193. The second-order valence-electron chi connectivity index (χ2n) is 6.71. The Morgan fingerprint density at radius 1 is 1.04 bits per heavy atom. The fourth-order valence-corrected chi connectivity index (χ4v) is 3.22. The van der Waals surface area contributed by atoms with Crippen molar-refractivity contribution in [3.05, 3.63) is 71.5 Å². The van der Waals surface area contributed by atoms with Crippen molar-refractivity contribution < 1.29 is 14.3 Å². The van der Waals surface area contributed by atoms with Gasteiger partial charge in [-0.15, -0.1) is 0 Å². The van der Waals surface area contributed by atoms with Gasteiger partial charge in [0.1, 0.15) is 11.5 Å². The number of carbonyl (C=O) groups excluding carboxylic acids is 1. The van der Waals surface area contributed by atoms with E-state index in [1.165, 1.54) is 0 Å². The Morgan fingerprint density at radius 3 is 2.46 bits per heavy atom. The first-order valence-electron chi connectivity index (χ1n) is 9.24. The minimum Gasteiger partial charge on any atom is -0.480 e. The molecule has 1 atom stereocenters. The van der Waals surface area contributed by atoms with Gasteiger partial charge in [-0.1, -0.05) is 36.4 Å². The molecule has 28 heavy (non-hydrogen) atoms. The predicted molar refractivity (Wildman–Crippen MR) is 106 cm³/mol. The summed E-state index contributed by atoms with van der Waals surface area (Å²) < 4.78 is 11.6. The molecule has 1 N–H and O–H groups in total. The van der Waals surface area contributed by atoms with E-state index in [-0.39, 0.29) is 11.9 Å². The third-order valence-corrected chi connectivity index (χ3v) is 4.66. The second-order valence-corrected chi connectivity index (χ2v) is 6.71. The molecule has 4 rings (SSSR count). The van der Waals surface area contributed by atoms with Crippen molar-refractivity contribution in [1.29, 1.82) is 0 Å². The molecule has 0 fully saturated rings. The highest BCUT2D eigenvalue weighted by Crippen LogP contribution is 2.28. The number of nitrogens with zero attached hydrogens (tertiary/aromatic N) is 2. The quantitative estimate of drug-likeness (QED) is 0.739. The maximum atomic E-state index is 12.7. The number of nitrogens with one attached hydrogen (secondary N) is 1. The summed E-state index contributed by atoms with van der Waals surface area (Å²) in [5.41, 5.74) is 3.00. The number of benzene rings is 2. The first-order chi connectivity index (χ1) is 13.6. The number of fused-ring (bicyclic) bond motifs is 1. The van der Waals surface area contributed by atoms with Crippen LogP contribution in [-0.4, -0.2) is 22.0 Å². The lowest BCUT2D eigenvalue weighted by molar-refractivity contribution is -0.123. The number of rotatable bonds is 4. The van der Waals surface area contributed by atoms with Crippen molar-refractivity contribution in [2.24, 2.45) is 0 Å². The molecule has 3 aromatic rings. The van der Waals surface area contributed by atoms with Gasteiger partial charge in [-0.25, -0.2) is 0 Å². The lowest BCUT2D eigenvalue weighted by Crippen LogP contribution is -2.36. The van der Waals surface area contributed by atoms with Gasteiger partial charge in [0, 0.05) is 0 Å². The fraction of sp³-hybridized carbons (Fsp3) is 0.227. The molecule has 0 aliphatic carbocycles. The van der Waals surface area contributed by atoms with Crippen LogP contribution in [0, 0.1) is 13.8 Å². The van der Waals surface area contributed by atoms with Gasteiger partial charge in [-0.3, -0.25) is 4.79 Å². The monoisotopic (exact) mass is 375 g/mol. The van der Waals surface area contributed by atoms with E-state index in [4.69, 9.17) is 9.47 Å². The van der Waals surface area contributed by atoms with Gasteiger partial charge in [0.15, 0.2) is 6.10 Å². The minimum atomic E-state index is -0.533. The third-order valence-electron chi connectivity index (χ3n) is 4.66. The Bertz CT molecular complexity index is 982. The maximum absolute atomic E-state index is 12.7. The van der Waals surface area contributed by atoms with Gasteiger partial charge in [0.25, 0.3) is 5.91 Å². The molecule has 6 heteroatoms. The van der Waals surface area contributed by atoms with Crippen molar-refractivity contribution in [3.8, 4) is 17.5 Å². The molecule has 6 nitrogen and oxygen atoms in total. The first kappa shape index (κ1) is 18.0. The van der Waals surface area contributed by atoms with Crippen molar-refractivity contribution in [3.63, 3.8) is 0 Å². The van der Waals surface area contributed by atoms with Crippen molar-refractivity contribution in [2.45, 2.75) is 32.8 Å². The van der Waals surface area contributed by atoms with Crippen molar-refractivity contribution in [2.75, 3.05) is 5.32 Å². The second kappa shape index (κ2) is 7.68. The molecule has 2 heterocycles. The molecule has 1 aliphatic heterocycles. The summed E-state index contributed by atoms with van der Waals surface area (Å²) >= 11 is 0. The zero-order valence-corrected chi connectivity index (χ0v) is 15.8. The van der Waals surface area contributed by atoms with Crippen LogP contribution in [0.4, 0.5) is 5.69 Å². The Labute approximate surface area is 163 Å². The third kappa shape index (κ3) is 3.81. The zero-order chi connectivity index (χ0) is 19.5. The highest BCUT2D eigenvalue weighted by Gasteiger charge is 2.27. The van der Waals surface area contributed by atoms with Crippen LogP contribution in [0.25, 0.3) is 0 Å². The van der Waals surface area contributed by atoms with Gasteiger partial charge in [-0.05, 0) is 50.5 Å². The van der Waals surface area contributed by atoms with Gasteiger partial charge in [0.05, 0.1) is 17.1 Å². The molecule has 0 bridgehead atoms. The summed E-state index contributed by atoms with van der Waals surface area (Å²) in [4.78, 5) is 21.5. The molecule has 1 amide bonds. The number of anilines is 1. The molecule has 1 aromatic heterocycles. The number of hydrogen-bond acceptors (Lipinski definition) is 5. The Morgan fingerprint density at radius 2 is 1.71 bits per heavy atom. The molecule has 1 aliphatic rings. The number of carbonyl (C=O) groups is 1. The normalized spacial score (nSPS) is 15.3. The van der Waals surface area contributed by atoms with Crippen LogP contribution in [0.15, 0.2) is 54.6 Å². The molecular formula is C22H21N3O3. The van der Waals surface area contributed by atoms with Crippen LogP contribution in [0.3, 0.4) is 0 Å². The van der Waals surface area contributed by atoms with E-state index in [0.29, 0.717) is 29.2 Å². The molecule has 2 aromatic carbocycles. The molecule has 142 valence electrons. The lowest BCUT2D eigenvalue weighted by Gasteiger charge is -2.25. The lowest BCUT2D eigenvalue weighted by atomic mass is 10.0. The number of amides is 1. The summed E-state index contributed by atoms with van der Waals surface area (Å²) in [6.07, 6.45) is 0.915. The first-order valence-corrected chi connectivity index (χ1v) is 9.24. The highest BCUT2D eigenvalue weighted by molar-refractivity contribution is 5.95. The van der Waals surface area contributed by atoms with Gasteiger partial charge >= 0.3 is 6.01 Å². The van der Waals surface area contributed by atoms with Gasteiger partial charge < -0.3 is 14.8 Å². The van der Waals surface area contributed by atoms with E-state index in [1.54, 1.807) is 0 Å². The van der Waals surface area contributed by atoms with E-state index in [2.05, 4.69) is 15.3 Å². The zero-order valence-electron chi connectivity index (χ0n) is 15.8. The standard InChI is InChI=1S/C22H21N3O3/c1-14-20(15(2)24-22(23-14)27-17-9-4-3-5-10-17)25-21(26)19-13-12-16-8-6-7-11-18(16)28-19/h3-11,19H,12-13H2,1-2H3,(H,25,26). The average Bonchev–Trinajstić information content (AvgIpc) is 2.71. The molecular weight excluding hydrogens is 354 g/mol. The van der Waals surface area contributed by atoms with E-state index >= 15 is 0 Å². The number of ether oxygens (including phenoxy) is 2. The van der Waals surface area contributed by atoms with E-state index in [9.17, 15) is 4.79 Å². The molecule has 0 saturated carbocycles. The average molecular weight is 375 g/mol. The Hall–Kier alpha value is -3.41. The summed E-state index contributed by atoms with van der Waals surface area (Å²) in [6, 6.07) is 17.4. The van der Waals surface area contributed by atoms with Gasteiger partial charge in [-0.2, -0.15) is 9.97 Å². The summed E-state index contributed by atoms with van der Waals surface area (Å²) in [7, 11) is 0. The Kier molecular flexibility index (Phi) is 4.93. The van der Waals surface area contributed by atoms with Crippen molar-refractivity contribution >= 4 is 11.6 Å². The fourth-order valence-electron chi connectivity index (χ4n) is 3.22. The molecule has 0 radical (unpaired) electrons. The predicted octanol–water partition coefficient (Wildman–Crippen LogP) is 4.22. The number of hydrogen-bond donors (Lipinski definition) is 1. The van der Waals surface area contributed by atoms with Crippen LogP contribution in [0.2, 0.25) is 0 Å². The SMILES string of the molecule is Cc1nc(Oc2ccccc2)nc(C)c1NC(=O)C1CCc2ccccc2O1. The highest BCUT2D eigenvalue weighted by atomic mass is 16.5. The van der Waals surface area contributed by atoms with E-state index in [0.717, 1.165) is 17.7 Å². The van der Waals surface area contributed by atoms with Crippen LogP contribution < -0.4 is 14.8 Å². The van der Waals surface area contributed by atoms with Crippen LogP contribution in [-0.2, 0) is 11.2 Å². The summed E-state index contributed by atoms with van der Waals surface area (Å²) in [5.74, 6) is 1.23. The van der Waals surface area contributed by atoms with E-state index in [1.807, 2.05) is 68.4 Å².